The Morgan fingerprint density at radius 1 is 1.46 bits per heavy atom. The Kier molecular flexibility index (Phi) is 1.48. The second-order valence-electron chi connectivity index (χ2n) is 2.78. The lowest BCUT2D eigenvalue weighted by atomic mass is 10.1. The third kappa shape index (κ3) is 1.03. The number of carbonyl (C=O) groups is 1. The van der Waals surface area contributed by atoms with Crippen LogP contribution in [0.5, 0.6) is 0 Å². The number of nitrogen functional groups attached to an aromatic ring is 1. The maximum Gasteiger partial charge on any atom is 0.337 e. The Bertz CT molecular complexity index is 473. The first kappa shape index (κ1) is 7.67. The van der Waals surface area contributed by atoms with Crippen LogP contribution < -0.4 is 5.73 Å². The molecule has 4 nitrogen and oxygen atoms in total. The third-order valence-electron chi connectivity index (χ3n) is 1.98. The Hall–Kier alpha value is -1.97. The van der Waals surface area contributed by atoms with E-state index in [9.17, 15) is 4.79 Å². The molecule has 0 saturated heterocycles. The molecule has 0 amide bonds. The molecule has 1 heterocycles. The molecule has 2 rings (SSSR count). The lowest BCUT2D eigenvalue weighted by Crippen LogP contribution is -1.96. The molecule has 0 atom stereocenters. The molecule has 4 N–H and O–H groups in total. The molecule has 0 spiro atoms. The van der Waals surface area contributed by atoms with Gasteiger partial charge in [-0.3, -0.25) is 0 Å². The Morgan fingerprint density at radius 2 is 2.23 bits per heavy atom. The molecule has 2 aromatic rings. The van der Waals surface area contributed by atoms with E-state index < -0.39 is 5.97 Å². The Balaban J connectivity index is 2.84. The van der Waals surface area contributed by atoms with Crippen molar-refractivity contribution < 1.29 is 9.90 Å². The van der Waals surface area contributed by atoms with E-state index in [1.54, 1.807) is 24.4 Å². The van der Waals surface area contributed by atoms with Gasteiger partial charge in [0.05, 0.1) is 16.8 Å². The van der Waals surface area contributed by atoms with E-state index in [4.69, 9.17) is 10.8 Å². The molecule has 0 fully saturated rings. The minimum atomic E-state index is -0.951. The summed E-state index contributed by atoms with van der Waals surface area (Å²) in [7, 11) is 0. The zero-order valence-electron chi connectivity index (χ0n) is 6.74. The van der Waals surface area contributed by atoms with Gasteiger partial charge in [-0.05, 0) is 6.07 Å². The molecule has 0 saturated carbocycles. The number of rotatable bonds is 1. The highest BCUT2D eigenvalue weighted by Gasteiger charge is 2.09. The van der Waals surface area contributed by atoms with Gasteiger partial charge in [0.15, 0.2) is 0 Å². The largest absolute Gasteiger partial charge is 0.478 e. The van der Waals surface area contributed by atoms with Gasteiger partial charge in [-0.2, -0.15) is 0 Å². The van der Waals surface area contributed by atoms with Crippen molar-refractivity contribution >= 4 is 22.6 Å². The number of aromatic carboxylic acids is 1. The van der Waals surface area contributed by atoms with Gasteiger partial charge in [0, 0.05) is 11.6 Å². The summed E-state index contributed by atoms with van der Waals surface area (Å²) in [6, 6.07) is 5.00. The second kappa shape index (κ2) is 2.52. The first-order valence-electron chi connectivity index (χ1n) is 3.79. The van der Waals surface area contributed by atoms with Crippen molar-refractivity contribution in [3.05, 3.63) is 30.0 Å². The molecule has 1 aromatic heterocycles. The fourth-order valence-electron chi connectivity index (χ4n) is 1.35. The van der Waals surface area contributed by atoms with E-state index in [0.717, 1.165) is 5.39 Å². The molecule has 0 bridgehead atoms. The fourth-order valence-corrected chi connectivity index (χ4v) is 1.35. The van der Waals surface area contributed by atoms with Gasteiger partial charge in [-0.1, -0.05) is 12.1 Å². The number of hydrogen-bond acceptors (Lipinski definition) is 2. The number of anilines is 1. The summed E-state index contributed by atoms with van der Waals surface area (Å²) in [5.41, 5.74) is 7.01. The van der Waals surface area contributed by atoms with Crippen molar-refractivity contribution in [1.29, 1.82) is 0 Å². The average Bonchev–Trinajstić information content (AvgIpc) is 2.48. The molecule has 0 aliphatic heterocycles. The summed E-state index contributed by atoms with van der Waals surface area (Å²) in [4.78, 5) is 13.6. The number of nitrogens with two attached hydrogens (primary N) is 1. The van der Waals surface area contributed by atoms with Crippen molar-refractivity contribution in [3.63, 3.8) is 0 Å². The van der Waals surface area contributed by atoms with Crippen LogP contribution in [0.25, 0.3) is 10.9 Å². The summed E-state index contributed by atoms with van der Waals surface area (Å²) < 4.78 is 0. The molecular formula is C9H8N2O2. The molecule has 0 unspecified atom stereocenters. The number of carboxylic acids is 1. The summed E-state index contributed by atoms with van der Waals surface area (Å²) in [6.45, 7) is 0. The van der Waals surface area contributed by atoms with Gasteiger partial charge in [-0.25, -0.2) is 4.79 Å². The van der Waals surface area contributed by atoms with E-state index in [1.807, 2.05) is 0 Å². The highest BCUT2D eigenvalue weighted by Crippen LogP contribution is 2.22. The highest BCUT2D eigenvalue weighted by molar-refractivity contribution is 6.05. The molecule has 0 radical (unpaired) electrons. The summed E-state index contributed by atoms with van der Waals surface area (Å²) in [6.07, 6.45) is 1.59. The van der Waals surface area contributed by atoms with Crippen LogP contribution >= 0.6 is 0 Å². The monoisotopic (exact) mass is 176 g/mol. The van der Waals surface area contributed by atoms with Gasteiger partial charge >= 0.3 is 5.97 Å². The number of aromatic nitrogens is 1. The minimum absolute atomic E-state index is 0.245. The molecular weight excluding hydrogens is 168 g/mol. The topological polar surface area (TPSA) is 79.1 Å². The lowest BCUT2D eigenvalue weighted by Gasteiger charge is -1.96. The number of para-hydroxylation sites is 1. The number of nitrogens with one attached hydrogen (secondary N) is 1. The van der Waals surface area contributed by atoms with Gasteiger partial charge in [0.1, 0.15) is 0 Å². The van der Waals surface area contributed by atoms with Crippen LogP contribution in [-0.4, -0.2) is 16.1 Å². The standard InChI is InChI=1S/C9H8N2O2/c10-7-4-11-8-5(7)2-1-3-6(8)9(12)13/h1-4,11H,10H2,(H,12,13). The molecule has 66 valence electrons. The van der Waals surface area contributed by atoms with Gasteiger partial charge in [0.25, 0.3) is 0 Å². The van der Waals surface area contributed by atoms with Crippen LogP contribution in [-0.2, 0) is 0 Å². The third-order valence-corrected chi connectivity index (χ3v) is 1.98. The zero-order valence-corrected chi connectivity index (χ0v) is 6.74. The van der Waals surface area contributed by atoms with Gasteiger partial charge in [-0.15, -0.1) is 0 Å². The number of hydrogen-bond donors (Lipinski definition) is 3. The van der Waals surface area contributed by atoms with E-state index >= 15 is 0 Å². The molecule has 4 heteroatoms. The average molecular weight is 176 g/mol. The molecule has 0 aliphatic carbocycles. The van der Waals surface area contributed by atoms with Crippen LogP contribution in [0.1, 0.15) is 10.4 Å². The van der Waals surface area contributed by atoms with Crippen LogP contribution in [0.4, 0.5) is 5.69 Å². The first-order valence-corrected chi connectivity index (χ1v) is 3.79. The number of benzene rings is 1. The lowest BCUT2D eigenvalue weighted by molar-refractivity contribution is 0.0699. The molecule has 1 aromatic carbocycles. The van der Waals surface area contributed by atoms with E-state index in [2.05, 4.69) is 4.98 Å². The highest BCUT2D eigenvalue weighted by atomic mass is 16.4. The SMILES string of the molecule is Nc1c[nH]c2c(C(=O)O)cccc12. The number of H-pyrrole nitrogens is 1. The first-order chi connectivity index (χ1) is 6.20. The smallest absolute Gasteiger partial charge is 0.337 e. The van der Waals surface area contributed by atoms with Crippen LogP contribution in [0.15, 0.2) is 24.4 Å². The summed E-state index contributed by atoms with van der Waals surface area (Å²) >= 11 is 0. The normalized spacial score (nSPS) is 10.5. The molecule has 0 aliphatic rings. The van der Waals surface area contributed by atoms with Gasteiger partial charge in [0.2, 0.25) is 0 Å². The zero-order chi connectivity index (χ0) is 9.42. The van der Waals surface area contributed by atoms with Crippen molar-refractivity contribution in [3.8, 4) is 0 Å². The van der Waals surface area contributed by atoms with Crippen LogP contribution in [0.2, 0.25) is 0 Å². The van der Waals surface area contributed by atoms with Crippen LogP contribution in [0.3, 0.4) is 0 Å². The van der Waals surface area contributed by atoms with E-state index in [1.165, 1.54) is 0 Å². The van der Waals surface area contributed by atoms with Crippen molar-refractivity contribution in [1.82, 2.24) is 4.98 Å². The predicted molar refractivity (Wildman–Crippen MR) is 49.7 cm³/mol. The van der Waals surface area contributed by atoms with Crippen molar-refractivity contribution in [2.75, 3.05) is 5.73 Å². The second-order valence-corrected chi connectivity index (χ2v) is 2.78. The quantitative estimate of drug-likeness (QED) is 0.615. The van der Waals surface area contributed by atoms with Crippen molar-refractivity contribution in [2.24, 2.45) is 0 Å². The summed E-state index contributed by atoms with van der Waals surface area (Å²) in [5, 5.41) is 9.58. The fraction of sp³-hybridized carbons (Fsp3) is 0. The van der Waals surface area contributed by atoms with E-state index in [0.29, 0.717) is 11.2 Å². The number of aromatic amines is 1. The predicted octanol–water partition coefficient (Wildman–Crippen LogP) is 1.45. The van der Waals surface area contributed by atoms with Crippen molar-refractivity contribution in [2.45, 2.75) is 0 Å². The Labute approximate surface area is 74.0 Å². The summed E-state index contributed by atoms with van der Waals surface area (Å²) in [5.74, 6) is -0.951. The number of carboxylic acid groups (broad SMARTS) is 1. The number of fused-ring (bicyclic) bond motifs is 1. The van der Waals surface area contributed by atoms with E-state index in [-0.39, 0.29) is 5.56 Å². The molecule has 13 heavy (non-hydrogen) atoms. The Morgan fingerprint density at radius 3 is 2.92 bits per heavy atom. The maximum atomic E-state index is 10.8. The van der Waals surface area contributed by atoms with Crippen LogP contribution in [0, 0.1) is 0 Å². The van der Waals surface area contributed by atoms with Gasteiger partial charge < -0.3 is 15.8 Å². The minimum Gasteiger partial charge on any atom is -0.478 e. The maximum absolute atomic E-state index is 10.8.